The quantitative estimate of drug-likeness (QED) is 0.507. The van der Waals surface area contributed by atoms with Gasteiger partial charge in [-0.1, -0.05) is 6.92 Å². The van der Waals surface area contributed by atoms with Crippen LogP contribution in [0.5, 0.6) is 0 Å². The lowest BCUT2D eigenvalue weighted by Crippen LogP contribution is -2.41. The van der Waals surface area contributed by atoms with Crippen molar-refractivity contribution in [1.29, 1.82) is 0 Å². The van der Waals surface area contributed by atoms with Crippen molar-refractivity contribution >= 4 is 11.9 Å². The van der Waals surface area contributed by atoms with Crippen molar-refractivity contribution in [2.24, 2.45) is 0 Å². The first-order valence-corrected chi connectivity index (χ1v) is 5.27. The van der Waals surface area contributed by atoms with E-state index in [9.17, 15) is 31.5 Å². The normalized spacial score (nSPS) is 12.1. The van der Waals surface area contributed by atoms with E-state index in [0.29, 0.717) is 0 Å². The number of amides is 1. The summed E-state index contributed by atoms with van der Waals surface area (Å²) in [5, 5.41) is 10.3. The molecule has 0 saturated heterocycles. The van der Waals surface area contributed by atoms with Gasteiger partial charge in [0.2, 0.25) is 5.82 Å². The molecule has 0 aliphatic heterocycles. The average molecular weight is 297 g/mol. The molecule has 1 amide bonds. The van der Waals surface area contributed by atoms with Gasteiger partial charge in [-0.05, 0) is 6.42 Å². The van der Waals surface area contributed by atoms with Crippen molar-refractivity contribution in [3.8, 4) is 0 Å². The lowest BCUT2D eigenvalue weighted by molar-refractivity contribution is -0.139. The molecule has 1 rings (SSSR count). The molecule has 1 atom stereocenters. The summed E-state index contributed by atoms with van der Waals surface area (Å²) in [4.78, 5) is 22.1. The number of hydrogen-bond donors (Lipinski definition) is 2. The summed E-state index contributed by atoms with van der Waals surface area (Å²) in [6, 6.07) is -1.52. The fourth-order valence-electron chi connectivity index (χ4n) is 1.37. The monoisotopic (exact) mass is 297 g/mol. The summed E-state index contributed by atoms with van der Waals surface area (Å²) in [5.41, 5.74) is -1.72. The minimum atomic E-state index is -2.40. The number of aliphatic carboxylic acids is 1. The molecule has 1 aromatic carbocycles. The third-order valence-corrected chi connectivity index (χ3v) is 2.45. The summed E-state index contributed by atoms with van der Waals surface area (Å²) in [6.07, 6.45) is -0.142. The van der Waals surface area contributed by atoms with Gasteiger partial charge in [-0.3, -0.25) is 4.79 Å². The topological polar surface area (TPSA) is 66.4 Å². The van der Waals surface area contributed by atoms with Crippen molar-refractivity contribution < 1.29 is 36.6 Å². The molecule has 0 spiro atoms. The fraction of sp³-hybridized carbons (Fsp3) is 0.273. The molecule has 110 valence electrons. The molecule has 0 saturated carbocycles. The number of nitrogens with one attached hydrogen (secondary N) is 1. The van der Waals surface area contributed by atoms with Gasteiger partial charge in [0.25, 0.3) is 5.91 Å². The van der Waals surface area contributed by atoms with Gasteiger partial charge in [0, 0.05) is 0 Å². The predicted molar refractivity (Wildman–Crippen MR) is 55.4 cm³/mol. The zero-order valence-corrected chi connectivity index (χ0v) is 9.94. The smallest absolute Gasteiger partial charge is 0.326 e. The number of carbonyl (C=O) groups excluding carboxylic acids is 1. The van der Waals surface area contributed by atoms with Crippen LogP contribution >= 0.6 is 0 Å². The third kappa shape index (κ3) is 2.70. The van der Waals surface area contributed by atoms with Crippen molar-refractivity contribution in [1.82, 2.24) is 5.32 Å². The molecule has 0 aliphatic carbocycles. The zero-order valence-electron chi connectivity index (χ0n) is 9.94. The molecule has 0 bridgehead atoms. The number of carboxylic acid groups (broad SMARTS) is 1. The van der Waals surface area contributed by atoms with E-state index in [2.05, 4.69) is 0 Å². The number of carbonyl (C=O) groups is 2. The van der Waals surface area contributed by atoms with Crippen molar-refractivity contribution in [3.63, 3.8) is 0 Å². The summed E-state index contributed by atoms with van der Waals surface area (Å²) >= 11 is 0. The second-order valence-corrected chi connectivity index (χ2v) is 3.72. The van der Waals surface area contributed by atoms with Crippen LogP contribution in [0.1, 0.15) is 23.7 Å². The average Bonchev–Trinajstić information content (AvgIpc) is 2.40. The highest BCUT2D eigenvalue weighted by Gasteiger charge is 2.31. The zero-order chi connectivity index (χ0) is 15.6. The summed E-state index contributed by atoms with van der Waals surface area (Å²) in [7, 11) is 0. The molecule has 0 aliphatic rings. The van der Waals surface area contributed by atoms with E-state index >= 15 is 0 Å². The maximum absolute atomic E-state index is 13.3. The van der Waals surface area contributed by atoms with Gasteiger partial charge in [0.1, 0.15) is 11.6 Å². The Labute approximate surface area is 109 Å². The van der Waals surface area contributed by atoms with Gasteiger partial charge in [-0.25, -0.2) is 26.7 Å². The van der Waals surface area contributed by atoms with E-state index in [4.69, 9.17) is 5.11 Å². The number of carboxylic acids is 1. The molecule has 1 aromatic rings. The highest BCUT2D eigenvalue weighted by molar-refractivity contribution is 5.97. The van der Waals surface area contributed by atoms with Crippen LogP contribution in [-0.4, -0.2) is 23.0 Å². The lowest BCUT2D eigenvalue weighted by Gasteiger charge is -2.13. The Bertz CT molecular complexity index is 547. The fourth-order valence-corrected chi connectivity index (χ4v) is 1.37. The third-order valence-electron chi connectivity index (χ3n) is 2.45. The highest BCUT2D eigenvalue weighted by Crippen LogP contribution is 2.23. The second-order valence-electron chi connectivity index (χ2n) is 3.72. The standard InChI is InChI=1S/C11H8F5NO3/c1-2-3(11(19)20)17-10(18)4-5(12)7(14)9(16)8(15)6(4)13/h3H,2H2,1H3,(H,17,18)(H,19,20)/t3-/m0/s1. The maximum Gasteiger partial charge on any atom is 0.326 e. The summed E-state index contributed by atoms with van der Waals surface area (Å²) in [6.45, 7) is 1.34. The second kappa shape index (κ2) is 5.85. The highest BCUT2D eigenvalue weighted by atomic mass is 19.2. The Morgan fingerprint density at radius 2 is 1.40 bits per heavy atom. The van der Waals surface area contributed by atoms with Crippen molar-refractivity contribution in [3.05, 3.63) is 34.6 Å². The SMILES string of the molecule is CC[C@H](NC(=O)c1c(F)c(F)c(F)c(F)c1F)C(=O)O. The number of rotatable bonds is 4. The Morgan fingerprint density at radius 3 is 1.75 bits per heavy atom. The van der Waals surface area contributed by atoms with Gasteiger partial charge in [-0.2, -0.15) is 0 Å². The van der Waals surface area contributed by atoms with E-state index in [1.165, 1.54) is 6.92 Å². The number of benzene rings is 1. The molecular formula is C11H8F5NO3. The molecule has 0 aromatic heterocycles. The van der Waals surface area contributed by atoms with Crippen molar-refractivity contribution in [2.75, 3.05) is 0 Å². The van der Waals surface area contributed by atoms with Gasteiger partial charge >= 0.3 is 5.97 Å². The Morgan fingerprint density at radius 1 is 1.00 bits per heavy atom. The molecule has 0 fully saturated rings. The first kappa shape index (κ1) is 15.9. The van der Waals surface area contributed by atoms with Crippen LogP contribution in [0.15, 0.2) is 0 Å². The largest absolute Gasteiger partial charge is 0.480 e. The van der Waals surface area contributed by atoms with E-state index in [-0.39, 0.29) is 6.42 Å². The summed E-state index contributed by atoms with van der Waals surface area (Å²) < 4.78 is 65.1. The van der Waals surface area contributed by atoms with Gasteiger partial charge in [0.05, 0.1) is 0 Å². The molecule has 2 N–H and O–H groups in total. The molecule has 0 heterocycles. The van der Waals surface area contributed by atoms with E-state index in [1.807, 2.05) is 0 Å². The molecule has 0 unspecified atom stereocenters. The Kier molecular flexibility index (Phi) is 4.64. The molecule has 9 heteroatoms. The first-order chi connectivity index (χ1) is 9.22. The molecular weight excluding hydrogens is 289 g/mol. The van der Waals surface area contributed by atoms with Gasteiger partial charge in [0.15, 0.2) is 23.3 Å². The van der Waals surface area contributed by atoms with Crippen LogP contribution in [0.2, 0.25) is 0 Å². The number of halogens is 5. The van der Waals surface area contributed by atoms with Crippen LogP contribution in [-0.2, 0) is 4.79 Å². The molecule has 0 radical (unpaired) electrons. The number of hydrogen-bond acceptors (Lipinski definition) is 2. The molecule has 20 heavy (non-hydrogen) atoms. The lowest BCUT2D eigenvalue weighted by atomic mass is 10.1. The minimum Gasteiger partial charge on any atom is -0.480 e. The summed E-state index contributed by atoms with van der Waals surface area (Å²) in [5.74, 6) is -14.8. The minimum absolute atomic E-state index is 0.142. The van der Waals surface area contributed by atoms with Crippen LogP contribution in [0.3, 0.4) is 0 Å². The van der Waals surface area contributed by atoms with Crippen LogP contribution in [0, 0.1) is 29.1 Å². The van der Waals surface area contributed by atoms with Crippen molar-refractivity contribution in [2.45, 2.75) is 19.4 Å². The van der Waals surface area contributed by atoms with Crippen LogP contribution in [0.25, 0.3) is 0 Å². The van der Waals surface area contributed by atoms with Gasteiger partial charge < -0.3 is 10.4 Å². The first-order valence-electron chi connectivity index (χ1n) is 5.27. The van der Waals surface area contributed by atoms with E-state index in [1.54, 1.807) is 5.32 Å². The Hall–Kier alpha value is -2.19. The van der Waals surface area contributed by atoms with Crippen LogP contribution in [0.4, 0.5) is 22.0 Å². The van der Waals surface area contributed by atoms with E-state index < -0.39 is 52.6 Å². The maximum atomic E-state index is 13.3. The predicted octanol–water partition coefficient (Wildman–Crippen LogP) is 1.98. The van der Waals surface area contributed by atoms with Gasteiger partial charge in [-0.15, -0.1) is 0 Å². The van der Waals surface area contributed by atoms with E-state index in [0.717, 1.165) is 0 Å². The van der Waals surface area contributed by atoms with Crippen LogP contribution < -0.4 is 5.32 Å². The molecule has 4 nitrogen and oxygen atoms in total. The Balaban J connectivity index is 3.27.